The number of amides is 2. The number of nitrogens with one attached hydrogen (secondary N) is 1. The van der Waals surface area contributed by atoms with Crippen LogP contribution >= 0.6 is 0 Å². The van der Waals surface area contributed by atoms with Gasteiger partial charge in [-0.1, -0.05) is 56.9 Å². The van der Waals surface area contributed by atoms with E-state index < -0.39 is 11.8 Å². The van der Waals surface area contributed by atoms with Crippen molar-refractivity contribution in [1.29, 1.82) is 0 Å². The van der Waals surface area contributed by atoms with Crippen LogP contribution in [0.15, 0.2) is 48.5 Å². The first kappa shape index (κ1) is 23.1. The predicted octanol–water partition coefficient (Wildman–Crippen LogP) is 5.71. The Morgan fingerprint density at radius 1 is 1.10 bits per heavy atom. The van der Waals surface area contributed by atoms with Gasteiger partial charge in [0.05, 0.1) is 0 Å². The van der Waals surface area contributed by atoms with E-state index in [4.69, 9.17) is 5.11 Å². The molecule has 160 valence electrons. The van der Waals surface area contributed by atoms with Crippen LogP contribution in [-0.4, -0.2) is 30.7 Å². The smallest absolute Gasteiger partial charge is 0.328 e. The van der Waals surface area contributed by atoms with Gasteiger partial charge >= 0.3 is 12.0 Å². The molecule has 0 spiro atoms. The third-order valence-corrected chi connectivity index (χ3v) is 4.82. The van der Waals surface area contributed by atoms with E-state index in [2.05, 4.69) is 12.2 Å². The van der Waals surface area contributed by atoms with Gasteiger partial charge in [-0.25, -0.2) is 14.0 Å². The lowest BCUT2D eigenvalue weighted by Crippen LogP contribution is -2.37. The molecule has 6 heteroatoms. The van der Waals surface area contributed by atoms with Crippen molar-refractivity contribution in [2.24, 2.45) is 0 Å². The van der Waals surface area contributed by atoms with E-state index in [0.717, 1.165) is 18.9 Å². The monoisotopic (exact) mass is 412 g/mol. The van der Waals surface area contributed by atoms with Gasteiger partial charge in [0.2, 0.25) is 0 Å². The average Bonchev–Trinajstić information content (AvgIpc) is 2.74. The third-order valence-electron chi connectivity index (χ3n) is 4.82. The number of carboxylic acid groups (broad SMARTS) is 1. The molecule has 5 nitrogen and oxygen atoms in total. The van der Waals surface area contributed by atoms with Gasteiger partial charge in [0.15, 0.2) is 0 Å². The molecule has 0 saturated heterocycles. The van der Waals surface area contributed by atoms with Gasteiger partial charge in [-0.2, -0.15) is 0 Å². The molecule has 30 heavy (non-hydrogen) atoms. The lowest BCUT2D eigenvalue weighted by molar-refractivity contribution is -0.131. The fraction of sp³-hybridized carbons (Fsp3) is 0.333. The summed E-state index contributed by atoms with van der Waals surface area (Å²) in [4.78, 5) is 24.5. The summed E-state index contributed by atoms with van der Waals surface area (Å²) in [5, 5.41) is 11.6. The molecular formula is C24H29FN2O3. The Hall–Kier alpha value is -3.15. The van der Waals surface area contributed by atoms with E-state index in [-0.39, 0.29) is 6.03 Å². The SMILES string of the molecule is CCCCCCCNC(=O)N(C)c1cccc(-c2ccc(/C=C/C(=O)O)cc2F)c1. The number of carboxylic acids is 1. The Bertz CT molecular complexity index is 896. The molecule has 0 aliphatic heterocycles. The van der Waals surface area contributed by atoms with Crippen LogP contribution in [0.3, 0.4) is 0 Å². The Labute approximate surface area is 177 Å². The highest BCUT2D eigenvalue weighted by molar-refractivity contribution is 5.92. The zero-order valence-electron chi connectivity index (χ0n) is 17.5. The van der Waals surface area contributed by atoms with Crippen molar-refractivity contribution in [3.63, 3.8) is 0 Å². The minimum Gasteiger partial charge on any atom is -0.478 e. The number of carbonyl (C=O) groups is 2. The summed E-state index contributed by atoms with van der Waals surface area (Å²) >= 11 is 0. The lowest BCUT2D eigenvalue weighted by Gasteiger charge is -2.19. The maximum Gasteiger partial charge on any atom is 0.328 e. The molecule has 0 heterocycles. The maximum atomic E-state index is 14.6. The van der Waals surface area contributed by atoms with Gasteiger partial charge in [0, 0.05) is 30.9 Å². The quantitative estimate of drug-likeness (QED) is 0.388. The summed E-state index contributed by atoms with van der Waals surface area (Å²) in [5.41, 5.74) is 2.14. The molecule has 0 radical (unpaired) electrons. The van der Waals surface area contributed by atoms with E-state index in [0.29, 0.717) is 28.9 Å². The Morgan fingerprint density at radius 3 is 2.57 bits per heavy atom. The van der Waals surface area contributed by atoms with E-state index in [1.54, 1.807) is 43.4 Å². The minimum atomic E-state index is -1.09. The second kappa shape index (κ2) is 11.8. The van der Waals surface area contributed by atoms with Crippen LogP contribution in [0.5, 0.6) is 0 Å². The van der Waals surface area contributed by atoms with E-state index in [9.17, 15) is 14.0 Å². The van der Waals surface area contributed by atoms with Crippen LogP contribution in [0.4, 0.5) is 14.9 Å². The number of halogens is 1. The van der Waals surface area contributed by atoms with Gasteiger partial charge in [-0.15, -0.1) is 0 Å². The molecule has 2 N–H and O–H groups in total. The van der Waals surface area contributed by atoms with Crippen molar-refractivity contribution < 1.29 is 19.1 Å². The predicted molar refractivity (Wildman–Crippen MR) is 119 cm³/mol. The number of anilines is 1. The molecule has 2 rings (SSSR count). The number of aliphatic carboxylic acids is 1. The van der Waals surface area contributed by atoms with Crippen molar-refractivity contribution in [2.45, 2.75) is 39.0 Å². The van der Waals surface area contributed by atoms with E-state index >= 15 is 0 Å². The zero-order chi connectivity index (χ0) is 21.9. The largest absolute Gasteiger partial charge is 0.478 e. The first-order chi connectivity index (χ1) is 14.4. The number of rotatable bonds is 10. The molecular weight excluding hydrogens is 383 g/mol. The lowest BCUT2D eigenvalue weighted by atomic mass is 10.0. The highest BCUT2D eigenvalue weighted by Gasteiger charge is 2.12. The highest BCUT2D eigenvalue weighted by Crippen LogP contribution is 2.27. The number of benzene rings is 2. The molecule has 2 aromatic rings. The molecule has 0 aliphatic rings. The molecule has 0 unspecified atom stereocenters. The Morgan fingerprint density at radius 2 is 1.87 bits per heavy atom. The van der Waals surface area contributed by atoms with Crippen LogP contribution in [0.1, 0.15) is 44.6 Å². The van der Waals surface area contributed by atoms with Crippen LogP contribution < -0.4 is 10.2 Å². The van der Waals surface area contributed by atoms with Crippen molar-refractivity contribution >= 4 is 23.8 Å². The fourth-order valence-corrected chi connectivity index (χ4v) is 3.08. The number of urea groups is 1. The van der Waals surface area contributed by atoms with Crippen molar-refractivity contribution in [3.05, 3.63) is 59.9 Å². The second-order valence-electron chi connectivity index (χ2n) is 7.17. The zero-order valence-corrected chi connectivity index (χ0v) is 17.5. The summed E-state index contributed by atoms with van der Waals surface area (Å²) < 4.78 is 14.6. The van der Waals surface area contributed by atoms with Gasteiger partial charge in [-0.3, -0.25) is 4.90 Å². The summed E-state index contributed by atoms with van der Waals surface area (Å²) in [6, 6.07) is 11.4. The molecule has 2 amide bonds. The Balaban J connectivity index is 2.05. The van der Waals surface area contributed by atoms with Crippen LogP contribution in [0, 0.1) is 5.82 Å². The fourth-order valence-electron chi connectivity index (χ4n) is 3.08. The van der Waals surface area contributed by atoms with Crippen molar-refractivity contribution in [1.82, 2.24) is 5.32 Å². The summed E-state index contributed by atoms with van der Waals surface area (Å²) in [5.74, 6) is -1.55. The molecule has 0 fully saturated rings. The van der Waals surface area contributed by atoms with E-state index in [1.807, 2.05) is 0 Å². The van der Waals surface area contributed by atoms with Gasteiger partial charge < -0.3 is 10.4 Å². The molecule has 2 aromatic carbocycles. The molecule has 0 bridgehead atoms. The van der Waals surface area contributed by atoms with Crippen LogP contribution in [-0.2, 0) is 4.79 Å². The number of hydrogen-bond donors (Lipinski definition) is 2. The first-order valence-electron chi connectivity index (χ1n) is 10.2. The number of unbranched alkanes of at least 4 members (excludes halogenated alkanes) is 4. The second-order valence-corrected chi connectivity index (χ2v) is 7.17. The molecule has 0 atom stereocenters. The first-order valence-corrected chi connectivity index (χ1v) is 10.2. The summed E-state index contributed by atoms with van der Waals surface area (Å²) in [6.45, 7) is 2.80. The topological polar surface area (TPSA) is 69.6 Å². The van der Waals surface area contributed by atoms with Crippen molar-refractivity contribution in [3.8, 4) is 11.1 Å². The van der Waals surface area contributed by atoms with Crippen LogP contribution in [0.2, 0.25) is 0 Å². The number of hydrogen-bond acceptors (Lipinski definition) is 2. The van der Waals surface area contributed by atoms with Gasteiger partial charge in [-0.05, 0) is 41.8 Å². The van der Waals surface area contributed by atoms with Crippen LogP contribution in [0.25, 0.3) is 17.2 Å². The van der Waals surface area contributed by atoms with E-state index in [1.165, 1.54) is 36.3 Å². The van der Waals surface area contributed by atoms with Gasteiger partial charge in [0.1, 0.15) is 5.82 Å². The normalized spacial score (nSPS) is 10.9. The number of nitrogens with zero attached hydrogens (tertiary/aromatic N) is 1. The molecule has 0 aliphatic carbocycles. The number of carbonyl (C=O) groups excluding carboxylic acids is 1. The molecule has 0 aromatic heterocycles. The standard InChI is InChI=1S/C24H29FN2O3/c1-3-4-5-6-7-15-26-24(30)27(2)20-10-8-9-19(17-20)21-13-11-18(16-22(21)25)12-14-23(28)29/h8-14,16-17H,3-7,15H2,1-2H3,(H,26,30)(H,28,29)/b14-12+. The summed E-state index contributed by atoms with van der Waals surface area (Å²) in [6.07, 6.45) is 7.94. The van der Waals surface area contributed by atoms with Gasteiger partial charge in [0.25, 0.3) is 0 Å². The minimum absolute atomic E-state index is 0.197. The highest BCUT2D eigenvalue weighted by atomic mass is 19.1. The summed E-state index contributed by atoms with van der Waals surface area (Å²) in [7, 11) is 1.68. The molecule has 0 saturated carbocycles. The van der Waals surface area contributed by atoms with Crippen molar-refractivity contribution in [2.75, 3.05) is 18.5 Å². The third kappa shape index (κ3) is 7.03. The Kier molecular flexibility index (Phi) is 9.06. The average molecular weight is 413 g/mol. The maximum absolute atomic E-state index is 14.6.